The Labute approximate surface area is 90.2 Å². The summed E-state index contributed by atoms with van der Waals surface area (Å²) in [6, 6.07) is 0. The predicted octanol–water partition coefficient (Wildman–Crippen LogP) is 1.56. The number of carbonyl (C=O) groups is 1. The van der Waals surface area contributed by atoms with E-state index in [0.29, 0.717) is 12.8 Å². The van der Waals surface area contributed by atoms with E-state index < -0.39 is 11.6 Å². The third-order valence-electron chi connectivity index (χ3n) is 3.02. The van der Waals surface area contributed by atoms with Crippen molar-refractivity contribution in [3.63, 3.8) is 0 Å². The highest BCUT2D eigenvalue weighted by atomic mass is 16.5. The highest BCUT2D eigenvalue weighted by Gasteiger charge is 2.38. The van der Waals surface area contributed by atoms with Gasteiger partial charge in [-0.3, -0.25) is 0 Å². The Hall–Kier alpha value is -0.610. The summed E-state index contributed by atoms with van der Waals surface area (Å²) in [7, 11) is 0. The third-order valence-corrected chi connectivity index (χ3v) is 3.02. The summed E-state index contributed by atoms with van der Waals surface area (Å²) >= 11 is 0. The van der Waals surface area contributed by atoms with Gasteiger partial charge < -0.3 is 14.9 Å². The van der Waals surface area contributed by atoms with Crippen molar-refractivity contribution in [2.45, 2.75) is 50.5 Å². The number of aliphatic carboxylic acids is 1. The second kappa shape index (κ2) is 6.08. The van der Waals surface area contributed by atoms with Crippen molar-refractivity contribution in [1.82, 2.24) is 0 Å². The molecule has 1 rings (SSSR count). The minimum Gasteiger partial charge on any atom is -0.479 e. The molecular formula is C11H20O4. The number of ether oxygens (including phenoxy) is 1. The maximum Gasteiger partial charge on any atom is 0.335 e. The number of hydrogen-bond acceptors (Lipinski definition) is 3. The zero-order chi connectivity index (χ0) is 11.1. The van der Waals surface area contributed by atoms with E-state index in [1.165, 1.54) is 6.42 Å². The Morgan fingerprint density at radius 3 is 2.13 bits per heavy atom. The zero-order valence-electron chi connectivity index (χ0n) is 9.07. The second-order valence-corrected chi connectivity index (χ2v) is 4.14. The average Bonchev–Trinajstić information content (AvgIpc) is 2.16. The Bertz CT molecular complexity index is 189. The molecule has 0 radical (unpaired) electrons. The lowest BCUT2D eigenvalue weighted by Crippen LogP contribution is -2.42. The number of carboxylic acids is 1. The van der Waals surface area contributed by atoms with Crippen molar-refractivity contribution < 1.29 is 19.7 Å². The number of hydrogen-bond donors (Lipinski definition) is 2. The van der Waals surface area contributed by atoms with E-state index in [-0.39, 0.29) is 13.2 Å². The van der Waals surface area contributed by atoms with Crippen LogP contribution in [0, 0.1) is 0 Å². The van der Waals surface area contributed by atoms with Gasteiger partial charge in [0.25, 0.3) is 0 Å². The highest BCUT2D eigenvalue weighted by molar-refractivity contribution is 5.77. The van der Waals surface area contributed by atoms with Crippen LogP contribution in [0.25, 0.3) is 0 Å². The quantitative estimate of drug-likeness (QED) is 0.748. The van der Waals surface area contributed by atoms with Gasteiger partial charge in [0, 0.05) is 0 Å². The van der Waals surface area contributed by atoms with Crippen LogP contribution >= 0.6 is 0 Å². The summed E-state index contributed by atoms with van der Waals surface area (Å²) in [6.07, 6.45) is 6.30. The number of carboxylic acid groups (broad SMARTS) is 1. The fourth-order valence-corrected chi connectivity index (χ4v) is 2.14. The molecule has 4 nitrogen and oxygen atoms in total. The molecule has 1 saturated carbocycles. The van der Waals surface area contributed by atoms with Crippen LogP contribution in [-0.4, -0.2) is 35.0 Å². The van der Waals surface area contributed by atoms with Gasteiger partial charge >= 0.3 is 5.97 Å². The van der Waals surface area contributed by atoms with E-state index in [9.17, 15) is 9.90 Å². The number of rotatable bonds is 4. The van der Waals surface area contributed by atoms with E-state index in [1.807, 2.05) is 0 Å². The van der Waals surface area contributed by atoms with Gasteiger partial charge in [0.05, 0.1) is 13.2 Å². The topological polar surface area (TPSA) is 66.8 Å². The molecule has 0 aromatic rings. The van der Waals surface area contributed by atoms with Crippen molar-refractivity contribution in [2.75, 3.05) is 13.2 Å². The van der Waals surface area contributed by atoms with E-state index in [0.717, 1.165) is 25.7 Å². The Morgan fingerprint density at radius 1 is 1.13 bits per heavy atom. The molecule has 4 heteroatoms. The fraction of sp³-hybridized carbons (Fsp3) is 0.909. The Morgan fingerprint density at radius 2 is 1.67 bits per heavy atom. The molecule has 0 aromatic carbocycles. The lowest BCUT2D eigenvalue weighted by atomic mass is 9.87. The van der Waals surface area contributed by atoms with Gasteiger partial charge in [-0.2, -0.15) is 0 Å². The molecule has 88 valence electrons. The van der Waals surface area contributed by atoms with E-state index in [2.05, 4.69) is 0 Å². The molecule has 1 aliphatic carbocycles. The summed E-state index contributed by atoms with van der Waals surface area (Å²) in [4.78, 5) is 11.2. The van der Waals surface area contributed by atoms with Gasteiger partial charge in [0.1, 0.15) is 0 Å². The number of aliphatic hydroxyl groups excluding tert-OH is 1. The van der Waals surface area contributed by atoms with Crippen LogP contribution < -0.4 is 0 Å². The van der Waals surface area contributed by atoms with Crippen molar-refractivity contribution >= 4 is 5.97 Å². The smallest absolute Gasteiger partial charge is 0.335 e. The molecule has 1 aliphatic rings. The van der Waals surface area contributed by atoms with Gasteiger partial charge in [0.15, 0.2) is 5.60 Å². The maximum atomic E-state index is 11.2. The summed E-state index contributed by atoms with van der Waals surface area (Å²) in [6.45, 7) is 0.00132. The second-order valence-electron chi connectivity index (χ2n) is 4.14. The van der Waals surface area contributed by atoms with Crippen LogP contribution in [-0.2, 0) is 9.53 Å². The molecule has 0 spiro atoms. The van der Waals surface area contributed by atoms with E-state index in [4.69, 9.17) is 9.84 Å². The van der Waals surface area contributed by atoms with Gasteiger partial charge in [-0.05, 0) is 25.7 Å². The average molecular weight is 216 g/mol. The first-order valence-corrected chi connectivity index (χ1v) is 5.69. The maximum absolute atomic E-state index is 11.2. The standard InChI is InChI=1S/C11H20O4/c12-8-9-15-11(10(13)14)6-4-2-1-3-5-7-11/h12H,1-9H2,(H,13,14). The molecule has 0 amide bonds. The first kappa shape index (κ1) is 12.5. The molecule has 0 unspecified atom stereocenters. The fourth-order valence-electron chi connectivity index (χ4n) is 2.14. The molecule has 0 saturated heterocycles. The normalized spacial score (nSPS) is 21.7. The Balaban J connectivity index is 2.62. The van der Waals surface area contributed by atoms with Crippen molar-refractivity contribution in [1.29, 1.82) is 0 Å². The van der Waals surface area contributed by atoms with Gasteiger partial charge in [0.2, 0.25) is 0 Å². The zero-order valence-corrected chi connectivity index (χ0v) is 9.07. The van der Waals surface area contributed by atoms with Gasteiger partial charge in [-0.15, -0.1) is 0 Å². The monoisotopic (exact) mass is 216 g/mol. The highest BCUT2D eigenvalue weighted by Crippen LogP contribution is 2.29. The van der Waals surface area contributed by atoms with Gasteiger partial charge in [-0.25, -0.2) is 4.79 Å². The lowest BCUT2D eigenvalue weighted by Gasteiger charge is -2.31. The Kier molecular flexibility index (Phi) is 5.05. The molecule has 0 aliphatic heterocycles. The summed E-state index contributed by atoms with van der Waals surface area (Å²) in [5.74, 6) is -0.877. The molecule has 15 heavy (non-hydrogen) atoms. The molecule has 1 fully saturated rings. The minimum atomic E-state index is -1.04. The summed E-state index contributed by atoms with van der Waals surface area (Å²) < 4.78 is 5.37. The molecule has 0 heterocycles. The summed E-state index contributed by atoms with van der Waals surface area (Å²) in [5.41, 5.74) is -1.04. The minimum absolute atomic E-state index is 0.116. The van der Waals surface area contributed by atoms with Crippen LogP contribution in [0.5, 0.6) is 0 Å². The van der Waals surface area contributed by atoms with Crippen LogP contribution in [0.2, 0.25) is 0 Å². The molecule has 0 atom stereocenters. The van der Waals surface area contributed by atoms with Crippen LogP contribution in [0.3, 0.4) is 0 Å². The van der Waals surface area contributed by atoms with Crippen LogP contribution in [0.1, 0.15) is 44.9 Å². The third kappa shape index (κ3) is 3.47. The first-order chi connectivity index (χ1) is 7.21. The van der Waals surface area contributed by atoms with Crippen molar-refractivity contribution in [3.8, 4) is 0 Å². The number of aliphatic hydroxyl groups is 1. The largest absolute Gasteiger partial charge is 0.479 e. The molecular weight excluding hydrogens is 196 g/mol. The molecule has 0 aromatic heterocycles. The lowest BCUT2D eigenvalue weighted by molar-refractivity contribution is -0.170. The molecule has 2 N–H and O–H groups in total. The van der Waals surface area contributed by atoms with Gasteiger partial charge in [-0.1, -0.05) is 19.3 Å². The van der Waals surface area contributed by atoms with Crippen LogP contribution in [0.4, 0.5) is 0 Å². The van der Waals surface area contributed by atoms with E-state index in [1.54, 1.807) is 0 Å². The van der Waals surface area contributed by atoms with E-state index >= 15 is 0 Å². The molecule has 0 bridgehead atoms. The SMILES string of the molecule is O=C(O)C1(OCCO)CCCCCCC1. The van der Waals surface area contributed by atoms with Crippen molar-refractivity contribution in [3.05, 3.63) is 0 Å². The predicted molar refractivity (Wildman–Crippen MR) is 55.7 cm³/mol. The first-order valence-electron chi connectivity index (χ1n) is 5.69. The summed E-state index contributed by atoms with van der Waals surface area (Å²) in [5, 5.41) is 17.9. The van der Waals surface area contributed by atoms with Crippen molar-refractivity contribution in [2.24, 2.45) is 0 Å². The van der Waals surface area contributed by atoms with Crippen LogP contribution in [0.15, 0.2) is 0 Å².